The van der Waals surface area contributed by atoms with Crippen LogP contribution in [0.3, 0.4) is 0 Å². The Bertz CT molecular complexity index is 280. The van der Waals surface area contributed by atoms with Crippen molar-refractivity contribution in [1.82, 2.24) is 5.32 Å². The Morgan fingerprint density at radius 2 is 1.94 bits per heavy atom. The molecule has 0 aliphatic carbocycles. The Hall–Kier alpha value is -0.180. The van der Waals surface area contributed by atoms with Gasteiger partial charge in [-0.2, -0.15) is 0 Å². The maximum Gasteiger partial charge on any atom is 0.0406 e. The van der Waals surface area contributed by atoms with Gasteiger partial charge in [-0.3, -0.25) is 0 Å². The average Bonchev–Trinajstić information content (AvgIpc) is 2.29. The maximum atomic E-state index is 5.85. The molecule has 0 saturated heterocycles. The molecule has 0 heterocycles. The second kappa shape index (κ2) is 7.99. The van der Waals surface area contributed by atoms with E-state index in [2.05, 4.69) is 31.3 Å². The number of halogens is 1. The number of hydrogen-bond donors (Lipinski definition) is 1. The van der Waals surface area contributed by atoms with Gasteiger partial charge in [0.25, 0.3) is 0 Å². The van der Waals surface area contributed by atoms with E-state index in [-0.39, 0.29) is 0 Å². The van der Waals surface area contributed by atoms with E-state index in [1.165, 1.54) is 17.7 Å². The van der Waals surface area contributed by atoms with Crippen LogP contribution in [0.5, 0.6) is 0 Å². The van der Waals surface area contributed by atoms with Crippen LogP contribution in [-0.4, -0.2) is 18.3 Å². The summed E-state index contributed by atoms with van der Waals surface area (Å²) in [6.07, 6.45) is 2.48. The van der Waals surface area contributed by atoms with Crippen molar-refractivity contribution >= 4 is 23.4 Å². The van der Waals surface area contributed by atoms with Gasteiger partial charge < -0.3 is 5.32 Å². The van der Waals surface area contributed by atoms with Crippen LogP contribution in [0.15, 0.2) is 29.2 Å². The molecule has 1 N–H and O–H groups in total. The fraction of sp³-hybridized carbons (Fsp3) is 0.538. The summed E-state index contributed by atoms with van der Waals surface area (Å²) in [5.41, 5.74) is 0. The molecular formula is C13H20ClNS. The highest BCUT2D eigenvalue weighted by Crippen LogP contribution is 2.21. The molecule has 3 heteroatoms. The van der Waals surface area contributed by atoms with Gasteiger partial charge in [-0.1, -0.05) is 31.9 Å². The molecule has 0 aliphatic heterocycles. The maximum absolute atomic E-state index is 5.85. The zero-order valence-electron chi connectivity index (χ0n) is 10.0. The van der Waals surface area contributed by atoms with Gasteiger partial charge in [0.05, 0.1) is 0 Å². The molecule has 16 heavy (non-hydrogen) atoms. The topological polar surface area (TPSA) is 12.0 Å². The fourth-order valence-electron chi connectivity index (χ4n) is 1.61. The molecule has 1 nitrogen and oxygen atoms in total. The van der Waals surface area contributed by atoms with Crippen molar-refractivity contribution in [3.05, 3.63) is 29.3 Å². The van der Waals surface area contributed by atoms with Gasteiger partial charge in [0, 0.05) is 21.7 Å². The Labute approximate surface area is 108 Å². The van der Waals surface area contributed by atoms with Gasteiger partial charge in [0.2, 0.25) is 0 Å². The number of thioether (sulfide) groups is 1. The molecule has 0 bridgehead atoms. The molecule has 1 unspecified atom stereocenters. The van der Waals surface area contributed by atoms with Crippen molar-refractivity contribution in [2.45, 2.75) is 37.6 Å². The third-order valence-electron chi connectivity index (χ3n) is 2.39. The molecule has 90 valence electrons. The summed E-state index contributed by atoms with van der Waals surface area (Å²) in [5, 5.41) is 4.32. The van der Waals surface area contributed by atoms with Gasteiger partial charge in [-0.05, 0) is 37.2 Å². The van der Waals surface area contributed by atoms with Gasteiger partial charge in [0.1, 0.15) is 0 Å². The van der Waals surface area contributed by atoms with E-state index in [0.717, 1.165) is 17.3 Å². The minimum absolute atomic E-state index is 0.621. The van der Waals surface area contributed by atoms with Crippen molar-refractivity contribution in [2.75, 3.05) is 12.3 Å². The molecule has 0 spiro atoms. The fourth-order valence-corrected chi connectivity index (χ4v) is 2.74. The Balaban J connectivity index is 2.38. The molecule has 0 amide bonds. The lowest BCUT2D eigenvalue weighted by Gasteiger charge is -2.16. The van der Waals surface area contributed by atoms with Crippen LogP contribution in [0.25, 0.3) is 0 Å². The van der Waals surface area contributed by atoms with Crippen LogP contribution < -0.4 is 5.32 Å². The standard InChI is InChI=1S/C13H20ClNS/c1-3-5-12(15-4-2)10-16-13-8-6-11(14)7-9-13/h6-9,12,15H,3-5,10H2,1-2H3. The van der Waals surface area contributed by atoms with Crippen LogP contribution in [0.2, 0.25) is 5.02 Å². The molecule has 0 saturated carbocycles. The normalized spacial score (nSPS) is 12.7. The van der Waals surface area contributed by atoms with Crippen molar-refractivity contribution in [3.8, 4) is 0 Å². The number of rotatable bonds is 7. The molecule has 0 aromatic heterocycles. The second-order valence-electron chi connectivity index (χ2n) is 3.81. The molecule has 1 rings (SSSR count). The summed E-state index contributed by atoms with van der Waals surface area (Å²) in [6, 6.07) is 8.69. The summed E-state index contributed by atoms with van der Waals surface area (Å²) in [7, 11) is 0. The van der Waals surface area contributed by atoms with Crippen LogP contribution in [0, 0.1) is 0 Å². The minimum Gasteiger partial charge on any atom is -0.313 e. The highest BCUT2D eigenvalue weighted by Gasteiger charge is 2.06. The number of nitrogens with one attached hydrogen (secondary N) is 1. The first kappa shape index (κ1) is 13.9. The van der Waals surface area contributed by atoms with E-state index in [1.54, 1.807) is 0 Å². The van der Waals surface area contributed by atoms with E-state index in [0.29, 0.717) is 6.04 Å². The monoisotopic (exact) mass is 257 g/mol. The van der Waals surface area contributed by atoms with E-state index < -0.39 is 0 Å². The Morgan fingerprint density at radius 3 is 2.50 bits per heavy atom. The quantitative estimate of drug-likeness (QED) is 0.735. The number of benzene rings is 1. The van der Waals surface area contributed by atoms with E-state index in [1.807, 2.05) is 23.9 Å². The van der Waals surface area contributed by atoms with Gasteiger partial charge >= 0.3 is 0 Å². The van der Waals surface area contributed by atoms with Gasteiger partial charge in [0.15, 0.2) is 0 Å². The van der Waals surface area contributed by atoms with Gasteiger partial charge in [-0.15, -0.1) is 11.8 Å². The Kier molecular flexibility index (Phi) is 6.93. The van der Waals surface area contributed by atoms with Crippen LogP contribution >= 0.6 is 23.4 Å². The number of hydrogen-bond acceptors (Lipinski definition) is 2. The van der Waals surface area contributed by atoms with Gasteiger partial charge in [-0.25, -0.2) is 0 Å². The predicted molar refractivity (Wildman–Crippen MR) is 74.5 cm³/mol. The molecule has 1 aromatic carbocycles. The molecular weight excluding hydrogens is 238 g/mol. The first-order valence-corrected chi connectivity index (χ1v) is 7.24. The highest BCUT2D eigenvalue weighted by molar-refractivity contribution is 7.99. The summed E-state index contributed by atoms with van der Waals surface area (Å²) in [4.78, 5) is 1.29. The third-order valence-corrected chi connectivity index (χ3v) is 3.82. The predicted octanol–water partition coefficient (Wildman–Crippen LogP) is 4.21. The van der Waals surface area contributed by atoms with Crippen molar-refractivity contribution in [2.24, 2.45) is 0 Å². The van der Waals surface area contributed by atoms with E-state index >= 15 is 0 Å². The van der Waals surface area contributed by atoms with E-state index in [9.17, 15) is 0 Å². The lowest BCUT2D eigenvalue weighted by Crippen LogP contribution is -2.30. The molecule has 1 atom stereocenters. The van der Waals surface area contributed by atoms with Crippen molar-refractivity contribution < 1.29 is 0 Å². The average molecular weight is 258 g/mol. The second-order valence-corrected chi connectivity index (χ2v) is 5.34. The summed E-state index contributed by atoms with van der Waals surface area (Å²) < 4.78 is 0. The molecule has 1 aromatic rings. The van der Waals surface area contributed by atoms with E-state index in [4.69, 9.17) is 11.6 Å². The zero-order chi connectivity index (χ0) is 11.8. The van der Waals surface area contributed by atoms with Crippen molar-refractivity contribution in [3.63, 3.8) is 0 Å². The SMILES string of the molecule is CCCC(CSc1ccc(Cl)cc1)NCC. The molecule has 0 aliphatic rings. The van der Waals surface area contributed by atoms with Crippen LogP contribution in [0.1, 0.15) is 26.7 Å². The first-order chi connectivity index (χ1) is 7.76. The summed E-state index contributed by atoms with van der Waals surface area (Å²) in [5.74, 6) is 1.13. The zero-order valence-corrected chi connectivity index (χ0v) is 11.6. The Morgan fingerprint density at radius 1 is 1.25 bits per heavy atom. The summed E-state index contributed by atoms with van der Waals surface area (Å²) >= 11 is 7.75. The smallest absolute Gasteiger partial charge is 0.0406 e. The first-order valence-electron chi connectivity index (χ1n) is 5.88. The van der Waals surface area contributed by atoms with Crippen LogP contribution in [-0.2, 0) is 0 Å². The van der Waals surface area contributed by atoms with Crippen molar-refractivity contribution in [1.29, 1.82) is 0 Å². The summed E-state index contributed by atoms with van der Waals surface area (Å²) in [6.45, 7) is 5.44. The highest BCUT2D eigenvalue weighted by atomic mass is 35.5. The van der Waals surface area contributed by atoms with Crippen LogP contribution in [0.4, 0.5) is 0 Å². The lowest BCUT2D eigenvalue weighted by molar-refractivity contribution is 0.531. The lowest BCUT2D eigenvalue weighted by atomic mass is 10.2. The minimum atomic E-state index is 0.621. The third kappa shape index (κ3) is 5.24. The molecule has 0 fully saturated rings. The molecule has 0 radical (unpaired) electrons. The largest absolute Gasteiger partial charge is 0.313 e.